The second kappa shape index (κ2) is 12.9. The van der Waals surface area contributed by atoms with Crippen LogP contribution in [0.1, 0.15) is 37.3 Å². The summed E-state index contributed by atoms with van der Waals surface area (Å²) in [6.45, 7) is 6.68. The fraction of sp³-hybridized carbons (Fsp3) is 0.520. The van der Waals surface area contributed by atoms with Crippen LogP contribution in [-0.4, -0.2) is 55.0 Å². The molecule has 0 spiro atoms. The van der Waals surface area contributed by atoms with Crippen molar-refractivity contribution in [2.24, 2.45) is 0 Å². The molecule has 1 heterocycles. The van der Waals surface area contributed by atoms with E-state index in [0.29, 0.717) is 5.92 Å². The van der Waals surface area contributed by atoms with Crippen LogP contribution in [0.2, 0.25) is 0 Å². The fourth-order valence-corrected chi connectivity index (χ4v) is 7.12. The van der Waals surface area contributed by atoms with Crippen LogP contribution in [0.25, 0.3) is 0 Å². The van der Waals surface area contributed by atoms with Crippen LogP contribution in [0.5, 0.6) is 17.2 Å². The third kappa shape index (κ3) is 6.66. The van der Waals surface area contributed by atoms with E-state index >= 15 is 0 Å². The van der Waals surface area contributed by atoms with Gasteiger partial charge in [-0.2, -0.15) is 0 Å². The topological polar surface area (TPSA) is 30.9 Å². The van der Waals surface area contributed by atoms with Crippen LogP contribution >= 0.6 is 35.9 Å². The molecule has 1 aliphatic rings. The second-order valence-electron chi connectivity index (χ2n) is 7.98. The molecule has 178 valence electrons. The second-order valence-corrected chi connectivity index (χ2v) is 11.2. The normalized spacial score (nSPS) is 16.2. The van der Waals surface area contributed by atoms with Crippen LogP contribution in [0, 0.1) is 0 Å². The standard InChI is InChI=1S/C25H35NO3S2.ClH/c1-19(21-9-6-7-10-22(21)27-3)18-26(25(2)30-15-8-16-31-25)14-13-20-11-12-23(28-4)24(17-20)29-5;/h6-7,9-12,17,19H,8,13-16,18H2,1-5H3;1H. The third-order valence-electron chi connectivity index (χ3n) is 5.89. The number of para-hydroxylation sites is 1. The predicted molar refractivity (Wildman–Crippen MR) is 141 cm³/mol. The van der Waals surface area contributed by atoms with Gasteiger partial charge >= 0.3 is 0 Å². The van der Waals surface area contributed by atoms with Crippen molar-refractivity contribution in [3.63, 3.8) is 0 Å². The minimum Gasteiger partial charge on any atom is -0.496 e. The Hall–Kier alpha value is -1.21. The van der Waals surface area contributed by atoms with Gasteiger partial charge in [0.2, 0.25) is 0 Å². The van der Waals surface area contributed by atoms with Gasteiger partial charge in [0.1, 0.15) is 9.95 Å². The summed E-state index contributed by atoms with van der Waals surface area (Å²) in [5.41, 5.74) is 2.54. The van der Waals surface area contributed by atoms with Crippen LogP contribution in [0.15, 0.2) is 42.5 Å². The van der Waals surface area contributed by atoms with E-state index in [1.807, 2.05) is 12.1 Å². The zero-order chi connectivity index (χ0) is 22.3. The van der Waals surface area contributed by atoms with Crippen molar-refractivity contribution < 1.29 is 14.2 Å². The average Bonchev–Trinajstić information content (AvgIpc) is 2.81. The highest BCUT2D eigenvalue weighted by Gasteiger charge is 2.36. The first kappa shape index (κ1) is 27.0. The van der Waals surface area contributed by atoms with Gasteiger partial charge in [-0.25, -0.2) is 0 Å². The largest absolute Gasteiger partial charge is 0.496 e. The molecule has 0 bridgehead atoms. The molecule has 0 amide bonds. The molecule has 0 radical (unpaired) electrons. The molecule has 1 atom stereocenters. The lowest BCUT2D eigenvalue weighted by Gasteiger charge is -2.44. The summed E-state index contributed by atoms with van der Waals surface area (Å²) < 4.78 is 16.6. The lowest BCUT2D eigenvalue weighted by Crippen LogP contribution is -2.46. The summed E-state index contributed by atoms with van der Waals surface area (Å²) in [7, 11) is 5.13. The molecule has 3 rings (SSSR count). The predicted octanol–water partition coefficient (Wildman–Crippen LogP) is 6.33. The van der Waals surface area contributed by atoms with Gasteiger partial charge in [-0.05, 0) is 66.5 Å². The highest BCUT2D eigenvalue weighted by Crippen LogP contribution is 2.45. The van der Waals surface area contributed by atoms with E-state index in [1.165, 1.54) is 29.1 Å². The first-order valence-electron chi connectivity index (χ1n) is 10.9. The van der Waals surface area contributed by atoms with E-state index in [-0.39, 0.29) is 16.6 Å². The number of nitrogens with zero attached hydrogens (tertiary/aromatic N) is 1. The van der Waals surface area contributed by atoms with Gasteiger partial charge in [-0.1, -0.05) is 31.2 Å². The van der Waals surface area contributed by atoms with Crippen molar-refractivity contribution in [2.75, 3.05) is 45.9 Å². The summed E-state index contributed by atoms with van der Waals surface area (Å²) in [6.07, 6.45) is 2.26. The first-order chi connectivity index (χ1) is 15.0. The van der Waals surface area contributed by atoms with E-state index in [4.69, 9.17) is 14.2 Å². The lowest BCUT2D eigenvalue weighted by atomic mass is 9.99. The smallest absolute Gasteiger partial charge is 0.160 e. The molecule has 2 aromatic rings. The van der Waals surface area contributed by atoms with Gasteiger partial charge in [0.25, 0.3) is 0 Å². The van der Waals surface area contributed by atoms with E-state index in [1.54, 1.807) is 21.3 Å². The van der Waals surface area contributed by atoms with E-state index in [2.05, 4.69) is 72.6 Å². The molecule has 0 saturated carbocycles. The van der Waals surface area contributed by atoms with E-state index in [9.17, 15) is 0 Å². The van der Waals surface area contributed by atoms with Crippen molar-refractivity contribution in [3.05, 3.63) is 53.6 Å². The monoisotopic (exact) mass is 497 g/mol. The summed E-state index contributed by atoms with van der Waals surface area (Å²) in [5, 5.41) is 0. The Bertz CT molecular complexity index is 846. The van der Waals surface area contributed by atoms with Gasteiger partial charge in [0.15, 0.2) is 11.5 Å². The van der Waals surface area contributed by atoms with Crippen molar-refractivity contribution in [1.82, 2.24) is 4.90 Å². The highest BCUT2D eigenvalue weighted by atomic mass is 35.5. The molecule has 0 N–H and O–H groups in total. The number of methoxy groups -OCH3 is 3. The molecule has 1 saturated heterocycles. The Morgan fingerprint density at radius 3 is 2.25 bits per heavy atom. The molecule has 1 aliphatic heterocycles. The number of hydrogen-bond donors (Lipinski definition) is 0. The van der Waals surface area contributed by atoms with Crippen molar-refractivity contribution >= 4 is 35.9 Å². The molecule has 32 heavy (non-hydrogen) atoms. The maximum absolute atomic E-state index is 5.64. The molecule has 0 aromatic heterocycles. The lowest BCUT2D eigenvalue weighted by molar-refractivity contribution is 0.234. The zero-order valence-electron chi connectivity index (χ0n) is 19.8. The van der Waals surface area contributed by atoms with E-state index < -0.39 is 0 Å². The van der Waals surface area contributed by atoms with E-state index in [0.717, 1.165) is 36.8 Å². The number of ether oxygens (including phenoxy) is 3. The SMILES string of the molecule is COc1ccc(CCN(CC(C)c2ccccc2OC)C2(C)SCCCS2)cc1OC.Cl. The summed E-state index contributed by atoms with van der Waals surface area (Å²) in [4.78, 5) is 2.66. The summed E-state index contributed by atoms with van der Waals surface area (Å²) in [6, 6.07) is 14.6. The molecule has 2 aromatic carbocycles. The number of hydrogen-bond acceptors (Lipinski definition) is 6. The molecule has 0 aliphatic carbocycles. The number of halogens is 1. The fourth-order valence-electron chi connectivity index (χ4n) is 4.07. The quantitative estimate of drug-likeness (QED) is 0.381. The molecule has 4 nitrogen and oxygen atoms in total. The summed E-state index contributed by atoms with van der Waals surface area (Å²) >= 11 is 4.17. The number of benzene rings is 2. The summed E-state index contributed by atoms with van der Waals surface area (Å²) in [5.74, 6) is 5.36. The van der Waals surface area contributed by atoms with Crippen LogP contribution in [-0.2, 0) is 6.42 Å². The van der Waals surface area contributed by atoms with Crippen LogP contribution in [0.3, 0.4) is 0 Å². The Labute approximate surface area is 208 Å². The maximum atomic E-state index is 5.64. The molecule has 1 unspecified atom stereocenters. The molecular formula is C25H36ClNO3S2. The van der Waals surface area contributed by atoms with Crippen LogP contribution in [0.4, 0.5) is 0 Å². The average molecular weight is 498 g/mol. The minimum atomic E-state index is 0. The highest BCUT2D eigenvalue weighted by molar-refractivity contribution is 8.18. The van der Waals surface area contributed by atoms with Crippen molar-refractivity contribution in [1.29, 1.82) is 0 Å². The Kier molecular flexibility index (Phi) is 10.9. The number of rotatable bonds is 10. The Morgan fingerprint density at radius 2 is 1.59 bits per heavy atom. The maximum Gasteiger partial charge on any atom is 0.160 e. The van der Waals surface area contributed by atoms with Gasteiger partial charge < -0.3 is 14.2 Å². The number of thioether (sulfide) groups is 2. The molecular weight excluding hydrogens is 462 g/mol. The van der Waals surface area contributed by atoms with Gasteiger partial charge in [-0.15, -0.1) is 35.9 Å². The van der Waals surface area contributed by atoms with Gasteiger partial charge in [0, 0.05) is 13.1 Å². The molecule has 7 heteroatoms. The van der Waals surface area contributed by atoms with Crippen molar-refractivity contribution in [2.45, 2.75) is 36.8 Å². The molecule has 1 fully saturated rings. The van der Waals surface area contributed by atoms with Crippen LogP contribution < -0.4 is 14.2 Å². The Morgan fingerprint density at radius 1 is 0.938 bits per heavy atom. The Balaban J connectivity index is 0.00000363. The zero-order valence-corrected chi connectivity index (χ0v) is 22.2. The van der Waals surface area contributed by atoms with Crippen molar-refractivity contribution in [3.8, 4) is 17.2 Å². The first-order valence-corrected chi connectivity index (χ1v) is 12.8. The van der Waals surface area contributed by atoms with Gasteiger partial charge in [-0.3, -0.25) is 4.90 Å². The minimum absolute atomic E-state index is 0. The third-order valence-corrected chi connectivity index (χ3v) is 9.17. The van der Waals surface area contributed by atoms with Gasteiger partial charge in [0.05, 0.1) is 21.3 Å².